The number of halogens is 1. The molecule has 22 heavy (non-hydrogen) atoms. The van der Waals surface area contributed by atoms with Crippen LogP contribution >= 0.6 is 35.3 Å². The highest BCUT2D eigenvalue weighted by Gasteiger charge is 2.20. The first-order chi connectivity index (χ1) is 10.1. The van der Waals surface area contributed by atoms with E-state index in [0.29, 0.717) is 12.6 Å². The Morgan fingerprint density at radius 2 is 2.00 bits per heavy atom. The topological polar surface area (TPSA) is 69.5 Å². The van der Waals surface area contributed by atoms with E-state index in [4.69, 9.17) is 0 Å². The molecule has 0 atom stereocenters. The number of nitrogens with zero attached hydrogens (tertiary/aromatic N) is 2. The fourth-order valence-electron chi connectivity index (χ4n) is 2.60. The van der Waals surface area contributed by atoms with Crippen molar-refractivity contribution in [3.63, 3.8) is 0 Å². The first-order valence-corrected chi connectivity index (χ1v) is 8.56. The third-order valence-corrected chi connectivity index (χ3v) is 4.82. The summed E-state index contributed by atoms with van der Waals surface area (Å²) in [6.45, 7) is 7.66. The molecule has 1 aliphatic carbocycles. The Morgan fingerprint density at radius 3 is 2.55 bits per heavy atom. The van der Waals surface area contributed by atoms with Crippen LogP contribution in [0.15, 0.2) is 4.99 Å². The molecular weight excluding hydrogens is 411 g/mol. The molecule has 0 aromatic carbocycles. The second-order valence-electron chi connectivity index (χ2n) is 5.59. The molecule has 1 aliphatic rings. The highest BCUT2D eigenvalue weighted by Crippen LogP contribution is 2.19. The van der Waals surface area contributed by atoms with E-state index in [1.165, 1.54) is 4.88 Å². The Hall–Kier alpha value is -0.410. The third-order valence-electron chi connectivity index (χ3n) is 3.76. The summed E-state index contributed by atoms with van der Waals surface area (Å²) >= 11 is 1.71. The number of aliphatic hydroxyl groups is 1. The summed E-state index contributed by atoms with van der Waals surface area (Å²) < 4.78 is 0. The zero-order chi connectivity index (χ0) is 15.2. The zero-order valence-corrected chi connectivity index (χ0v) is 16.7. The molecule has 1 aromatic heterocycles. The van der Waals surface area contributed by atoms with Gasteiger partial charge in [0.15, 0.2) is 5.96 Å². The zero-order valence-electron chi connectivity index (χ0n) is 13.6. The van der Waals surface area contributed by atoms with E-state index >= 15 is 0 Å². The SMILES string of the molecule is CCNC(=NCc1sc(C)nc1C)NC1CCC(O)CC1.I. The Balaban J connectivity index is 0.00000242. The van der Waals surface area contributed by atoms with Crippen LogP contribution in [0.5, 0.6) is 0 Å². The van der Waals surface area contributed by atoms with Crippen LogP contribution in [0.4, 0.5) is 0 Å². The van der Waals surface area contributed by atoms with Crippen molar-refractivity contribution in [3.05, 3.63) is 15.6 Å². The number of guanidine groups is 1. The van der Waals surface area contributed by atoms with Crippen molar-refractivity contribution in [2.24, 2.45) is 4.99 Å². The lowest BCUT2D eigenvalue weighted by Gasteiger charge is -2.27. The maximum Gasteiger partial charge on any atom is 0.191 e. The summed E-state index contributed by atoms with van der Waals surface area (Å²) in [6.07, 6.45) is 3.65. The second-order valence-corrected chi connectivity index (χ2v) is 6.87. The first kappa shape index (κ1) is 19.6. The van der Waals surface area contributed by atoms with Crippen molar-refractivity contribution >= 4 is 41.3 Å². The predicted octanol–water partition coefficient (Wildman–Crippen LogP) is 2.74. The molecule has 7 heteroatoms. The van der Waals surface area contributed by atoms with Crippen molar-refractivity contribution in [1.82, 2.24) is 15.6 Å². The lowest BCUT2D eigenvalue weighted by Crippen LogP contribution is -2.45. The van der Waals surface area contributed by atoms with Gasteiger partial charge >= 0.3 is 0 Å². The molecule has 5 nitrogen and oxygen atoms in total. The number of nitrogens with one attached hydrogen (secondary N) is 2. The van der Waals surface area contributed by atoms with Crippen LogP contribution in [-0.2, 0) is 6.54 Å². The number of hydrogen-bond donors (Lipinski definition) is 3. The van der Waals surface area contributed by atoms with Gasteiger partial charge in [-0.05, 0) is 46.5 Å². The van der Waals surface area contributed by atoms with Crippen LogP contribution in [0.2, 0.25) is 0 Å². The van der Waals surface area contributed by atoms with Crippen LogP contribution in [-0.4, -0.2) is 34.7 Å². The fraction of sp³-hybridized carbons (Fsp3) is 0.733. The molecule has 0 spiro atoms. The van der Waals surface area contributed by atoms with Crippen molar-refractivity contribution in [3.8, 4) is 0 Å². The fourth-order valence-corrected chi connectivity index (χ4v) is 3.47. The van der Waals surface area contributed by atoms with Crippen molar-refractivity contribution in [2.75, 3.05) is 6.54 Å². The molecule has 0 amide bonds. The van der Waals surface area contributed by atoms with Crippen LogP contribution in [0, 0.1) is 13.8 Å². The van der Waals surface area contributed by atoms with E-state index in [0.717, 1.165) is 48.9 Å². The maximum atomic E-state index is 9.57. The normalized spacial score (nSPS) is 22.1. The van der Waals surface area contributed by atoms with Crippen molar-refractivity contribution < 1.29 is 5.11 Å². The molecule has 2 rings (SSSR count). The van der Waals surface area contributed by atoms with E-state index in [2.05, 4.69) is 27.5 Å². The minimum Gasteiger partial charge on any atom is -0.393 e. The smallest absolute Gasteiger partial charge is 0.191 e. The number of aliphatic hydroxyl groups excluding tert-OH is 1. The number of hydrogen-bond acceptors (Lipinski definition) is 4. The molecule has 3 N–H and O–H groups in total. The molecule has 0 saturated heterocycles. The quantitative estimate of drug-likeness (QED) is 0.384. The van der Waals surface area contributed by atoms with Gasteiger partial charge in [-0.15, -0.1) is 35.3 Å². The van der Waals surface area contributed by atoms with Gasteiger partial charge in [-0.25, -0.2) is 9.98 Å². The van der Waals surface area contributed by atoms with Gasteiger partial charge in [0.1, 0.15) is 0 Å². The number of rotatable bonds is 4. The summed E-state index contributed by atoms with van der Waals surface area (Å²) in [4.78, 5) is 10.3. The molecule has 126 valence electrons. The van der Waals surface area contributed by atoms with Crippen LogP contribution < -0.4 is 10.6 Å². The predicted molar refractivity (Wildman–Crippen MR) is 103 cm³/mol. The number of aliphatic imine (C=N–C) groups is 1. The lowest BCUT2D eigenvalue weighted by atomic mass is 9.93. The Bertz CT molecular complexity index is 484. The molecule has 0 radical (unpaired) electrons. The summed E-state index contributed by atoms with van der Waals surface area (Å²) in [5.41, 5.74) is 1.08. The first-order valence-electron chi connectivity index (χ1n) is 7.74. The van der Waals surface area contributed by atoms with Gasteiger partial charge in [0.2, 0.25) is 0 Å². The van der Waals surface area contributed by atoms with E-state index in [1.54, 1.807) is 11.3 Å². The lowest BCUT2D eigenvalue weighted by molar-refractivity contribution is 0.120. The Morgan fingerprint density at radius 1 is 1.32 bits per heavy atom. The summed E-state index contributed by atoms with van der Waals surface area (Å²) in [6, 6.07) is 0.412. The van der Waals surface area contributed by atoms with Crippen molar-refractivity contribution in [1.29, 1.82) is 0 Å². The summed E-state index contributed by atoms with van der Waals surface area (Å²) in [5.74, 6) is 0.865. The highest BCUT2D eigenvalue weighted by molar-refractivity contribution is 14.0. The number of aromatic nitrogens is 1. The molecular formula is C15H27IN4OS. The van der Waals surface area contributed by atoms with E-state index in [-0.39, 0.29) is 30.1 Å². The second kappa shape index (κ2) is 9.67. The maximum absolute atomic E-state index is 9.57. The van der Waals surface area contributed by atoms with Crippen LogP contribution in [0.3, 0.4) is 0 Å². The van der Waals surface area contributed by atoms with Gasteiger partial charge in [0.25, 0.3) is 0 Å². The molecule has 0 unspecified atom stereocenters. The van der Waals surface area contributed by atoms with Crippen molar-refractivity contribution in [2.45, 2.75) is 65.1 Å². The Labute approximate surface area is 154 Å². The molecule has 1 fully saturated rings. The van der Waals surface area contributed by atoms with E-state index in [9.17, 15) is 5.11 Å². The summed E-state index contributed by atoms with van der Waals surface area (Å²) in [5, 5.41) is 17.4. The minimum atomic E-state index is -0.120. The average Bonchev–Trinajstić information content (AvgIpc) is 2.77. The molecule has 1 saturated carbocycles. The van der Waals surface area contributed by atoms with E-state index < -0.39 is 0 Å². The standard InChI is InChI=1S/C15H26N4OS.HI/c1-4-16-15(19-12-5-7-13(20)8-6-12)17-9-14-10(2)18-11(3)21-14;/h12-13,20H,4-9H2,1-3H3,(H2,16,17,19);1H. The number of thiazole rings is 1. The third kappa shape index (κ3) is 6.00. The monoisotopic (exact) mass is 438 g/mol. The number of aryl methyl sites for hydroxylation is 2. The summed E-state index contributed by atoms with van der Waals surface area (Å²) in [7, 11) is 0. The van der Waals surface area contributed by atoms with Gasteiger partial charge in [-0.2, -0.15) is 0 Å². The molecule has 1 heterocycles. The van der Waals surface area contributed by atoms with Gasteiger partial charge in [0, 0.05) is 17.5 Å². The molecule has 1 aromatic rings. The van der Waals surface area contributed by atoms with Gasteiger partial charge in [0.05, 0.1) is 23.4 Å². The van der Waals surface area contributed by atoms with E-state index in [1.807, 2.05) is 13.8 Å². The molecule has 0 bridgehead atoms. The van der Waals surface area contributed by atoms with Crippen LogP contribution in [0.1, 0.15) is 48.2 Å². The van der Waals surface area contributed by atoms with Gasteiger partial charge in [-0.1, -0.05) is 0 Å². The highest BCUT2D eigenvalue weighted by atomic mass is 127. The largest absolute Gasteiger partial charge is 0.393 e. The minimum absolute atomic E-state index is 0. The Kier molecular flexibility index (Phi) is 8.63. The van der Waals surface area contributed by atoms with Gasteiger partial charge in [-0.3, -0.25) is 0 Å². The average molecular weight is 438 g/mol. The molecule has 0 aliphatic heterocycles. The van der Waals surface area contributed by atoms with Gasteiger partial charge < -0.3 is 15.7 Å². The van der Waals surface area contributed by atoms with Crippen LogP contribution in [0.25, 0.3) is 0 Å².